The predicted octanol–water partition coefficient (Wildman–Crippen LogP) is 2.69. The molecule has 0 aliphatic heterocycles. The van der Waals surface area contributed by atoms with Gasteiger partial charge in [-0.25, -0.2) is 0 Å². The lowest BCUT2D eigenvalue weighted by Crippen LogP contribution is -2.18. The van der Waals surface area contributed by atoms with Crippen LogP contribution in [0.2, 0.25) is 0 Å². The lowest BCUT2D eigenvalue weighted by atomic mass is 10.1. The Morgan fingerprint density at radius 2 is 2.05 bits per heavy atom. The number of hydrogen-bond donors (Lipinski definition) is 2. The van der Waals surface area contributed by atoms with Crippen molar-refractivity contribution in [3.05, 3.63) is 5.82 Å². The number of nitrogens with two attached hydrogens (primary N) is 1. The predicted molar refractivity (Wildman–Crippen MR) is 79.2 cm³/mol. The first kappa shape index (κ1) is 12.7. The fraction of sp³-hybridized carbons (Fsp3) is 0.786. The van der Waals surface area contributed by atoms with Gasteiger partial charge in [-0.15, -0.1) is 10.2 Å². The maximum atomic E-state index is 7.50. The van der Waals surface area contributed by atoms with Crippen LogP contribution in [0.5, 0.6) is 0 Å². The summed E-state index contributed by atoms with van der Waals surface area (Å²) in [6.45, 7) is 0. The van der Waals surface area contributed by atoms with Crippen LogP contribution in [0.25, 0.3) is 0 Å². The molecule has 0 saturated heterocycles. The van der Waals surface area contributed by atoms with Gasteiger partial charge in [0.15, 0.2) is 5.16 Å². The van der Waals surface area contributed by atoms with E-state index in [2.05, 4.69) is 14.8 Å². The van der Waals surface area contributed by atoms with Crippen LogP contribution in [0, 0.1) is 10.8 Å². The Hall–Kier alpha value is -1.04. The largest absolute Gasteiger partial charge is 0.388 e. The van der Waals surface area contributed by atoms with Gasteiger partial charge in [0.1, 0.15) is 5.82 Å². The minimum Gasteiger partial charge on any atom is -0.388 e. The molecule has 1 aromatic heterocycles. The Balaban J connectivity index is 1.47. The van der Waals surface area contributed by atoms with Crippen LogP contribution in [0.1, 0.15) is 62.7 Å². The topological polar surface area (TPSA) is 80.6 Å². The van der Waals surface area contributed by atoms with Gasteiger partial charge in [-0.3, -0.25) is 5.41 Å². The summed E-state index contributed by atoms with van der Waals surface area (Å²) in [7, 11) is 0. The zero-order chi connectivity index (χ0) is 13.7. The minimum absolute atomic E-state index is 0.274. The first-order chi connectivity index (χ1) is 9.67. The summed E-state index contributed by atoms with van der Waals surface area (Å²) in [6.07, 6.45) is 8.27. The third-order valence-corrected chi connectivity index (χ3v) is 5.87. The number of thioether (sulfide) groups is 1. The van der Waals surface area contributed by atoms with Crippen molar-refractivity contribution < 1.29 is 0 Å². The van der Waals surface area contributed by atoms with Crippen LogP contribution < -0.4 is 5.73 Å². The molecule has 0 amide bonds. The van der Waals surface area contributed by atoms with Crippen molar-refractivity contribution in [1.29, 1.82) is 5.41 Å². The SMILES string of the molecule is N=C(N)CC1(CSc2nnc(C3CC3)n2C2CC2)CC1. The quantitative estimate of drug-likeness (QED) is 0.460. The summed E-state index contributed by atoms with van der Waals surface area (Å²) >= 11 is 1.83. The minimum atomic E-state index is 0.274. The first-order valence-corrected chi connectivity index (χ1v) is 8.56. The van der Waals surface area contributed by atoms with E-state index in [-0.39, 0.29) is 5.41 Å². The van der Waals surface area contributed by atoms with Crippen LogP contribution in [0.4, 0.5) is 0 Å². The molecular weight excluding hydrogens is 270 g/mol. The maximum absolute atomic E-state index is 7.50. The molecule has 3 fully saturated rings. The third-order valence-electron chi connectivity index (χ3n) is 4.58. The van der Waals surface area contributed by atoms with Crippen molar-refractivity contribution in [3.63, 3.8) is 0 Å². The van der Waals surface area contributed by atoms with Gasteiger partial charge in [-0.2, -0.15) is 0 Å². The number of amidine groups is 1. The number of rotatable bonds is 7. The summed E-state index contributed by atoms with van der Waals surface area (Å²) in [5, 5.41) is 17.5. The van der Waals surface area contributed by atoms with E-state index in [1.807, 2.05) is 11.8 Å². The Morgan fingerprint density at radius 3 is 2.60 bits per heavy atom. The van der Waals surface area contributed by atoms with Crippen molar-refractivity contribution in [1.82, 2.24) is 14.8 Å². The third kappa shape index (κ3) is 2.45. The molecule has 3 aliphatic carbocycles. The molecule has 20 heavy (non-hydrogen) atoms. The van der Waals surface area contributed by atoms with Crippen molar-refractivity contribution in [3.8, 4) is 0 Å². The number of aromatic nitrogens is 3. The standard InChI is InChI=1S/C14H21N5S/c15-11(16)7-14(5-6-14)8-20-13-18-17-12(9-1-2-9)19(13)10-3-4-10/h9-10H,1-8H2,(H3,15,16). The van der Waals surface area contributed by atoms with Crippen molar-refractivity contribution in [2.24, 2.45) is 11.1 Å². The van der Waals surface area contributed by atoms with Crippen LogP contribution in [0.15, 0.2) is 5.16 Å². The van der Waals surface area contributed by atoms with E-state index in [0.717, 1.165) is 17.3 Å². The summed E-state index contributed by atoms with van der Waals surface area (Å²) in [4.78, 5) is 0. The van der Waals surface area contributed by atoms with E-state index < -0.39 is 0 Å². The normalized spacial score (nSPS) is 23.8. The highest BCUT2D eigenvalue weighted by Gasteiger charge is 2.44. The Morgan fingerprint density at radius 1 is 1.30 bits per heavy atom. The van der Waals surface area contributed by atoms with Gasteiger partial charge in [-0.1, -0.05) is 11.8 Å². The lowest BCUT2D eigenvalue weighted by molar-refractivity contribution is 0.601. The average molecular weight is 291 g/mol. The molecule has 0 atom stereocenters. The summed E-state index contributed by atoms with van der Waals surface area (Å²) in [6, 6.07) is 0.658. The van der Waals surface area contributed by atoms with E-state index in [1.165, 1.54) is 44.3 Å². The summed E-state index contributed by atoms with van der Waals surface area (Å²) in [5.74, 6) is 3.25. The molecule has 0 radical (unpaired) electrons. The zero-order valence-electron chi connectivity index (χ0n) is 11.6. The summed E-state index contributed by atoms with van der Waals surface area (Å²) < 4.78 is 2.41. The van der Waals surface area contributed by atoms with Gasteiger partial charge < -0.3 is 10.3 Å². The molecule has 0 bridgehead atoms. The zero-order valence-corrected chi connectivity index (χ0v) is 12.5. The Bertz CT molecular complexity index is 540. The molecule has 3 N–H and O–H groups in total. The Kier molecular flexibility index (Phi) is 2.84. The summed E-state index contributed by atoms with van der Waals surface area (Å²) in [5.41, 5.74) is 5.84. The van der Waals surface area contributed by atoms with Crippen molar-refractivity contribution in [2.45, 2.75) is 62.1 Å². The molecule has 108 valence electrons. The fourth-order valence-electron chi connectivity index (χ4n) is 2.85. The van der Waals surface area contributed by atoms with Gasteiger partial charge >= 0.3 is 0 Å². The molecule has 1 aromatic rings. The average Bonchev–Trinajstić information content (AvgIpc) is 3.25. The van der Waals surface area contributed by atoms with E-state index >= 15 is 0 Å². The molecule has 0 aromatic carbocycles. The van der Waals surface area contributed by atoms with E-state index in [9.17, 15) is 0 Å². The van der Waals surface area contributed by atoms with Gasteiger partial charge in [0, 0.05) is 24.1 Å². The van der Waals surface area contributed by atoms with Gasteiger partial charge in [0.25, 0.3) is 0 Å². The highest BCUT2D eigenvalue weighted by atomic mass is 32.2. The first-order valence-electron chi connectivity index (χ1n) is 7.57. The maximum Gasteiger partial charge on any atom is 0.191 e. The second-order valence-electron chi connectivity index (χ2n) is 6.71. The van der Waals surface area contributed by atoms with Crippen LogP contribution in [-0.4, -0.2) is 26.4 Å². The number of hydrogen-bond acceptors (Lipinski definition) is 4. The van der Waals surface area contributed by atoms with Crippen molar-refractivity contribution >= 4 is 17.6 Å². The molecule has 1 heterocycles. The van der Waals surface area contributed by atoms with Crippen LogP contribution in [0.3, 0.4) is 0 Å². The lowest BCUT2D eigenvalue weighted by Gasteiger charge is -2.14. The van der Waals surface area contributed by atoms with Crippen LogP contribution >= 0.6 is 11.8 Å². The highest BCUT2D eigenvalue weighted by Crippen LogP contribution is 2.53. The van der Waals surface area contributed by atoms with E-state index in [4.69, 9.17) is 11.1 Å². The second-order valence-corrected chi connectivity index (χ2v) is 7.65. The van der Waals surface area contributed by atoms with Gasteiger partial charge in [-0.05, 0) is 43.9 Å². The molecule has 0 unspecified atom stereocenters. The molecule has 6 heteroatoms. The molecule has 4 rings (SSSR count). The molecular formula is C14H21N5S. The molecule has 3 saturated carbocycles. The second kappa shape index (κ2) is 4.48. The molecule has 3 aliphatic rings. The molecule has 5 nitrogen and oxygen atoms in total. The van der Waals surface area contributed by atoms with Crippen LogP contribution in [-0.2, 0) is 0 Å². The smallest absolute Gasteiger partial charge is 0.191 e. The monoisotopic (exact) mass is 291 g/mol. The van der Waals surface area contributed by atoms with E-state index in [0.29, 0.717) is 17.8 Å². The fourth-order valence-corrected chi connectivity index (χ4v) is 4.16. The van der Waals surface area contributed by atoms with Crippen molar-refractivity contribution in [2.75, 3.05) is 5.75 Å². The Labute approximate surface area is 123 Å². The highest BCUT2D eigenvalue weighted by molar-refractivity contribution is 7.99. The van der Waals surface area contributed by atoms with E-state index in [1.54, 1.807) is 0 Å². The van der Waals surface area contributed by atoms with Gasteiger partial charge in [0.05, 0.1) is 5.84 Å². The number of nitrogens with one attached hydrogen (secondary N) is 1. The van der Waals surface area contributed by atoms with Gasteiger partial charge in [0.2, 0.25) is 0 Å². The molecule has 0 spiro atoms. The number of nitrogens with zero attached hydrogens (tertiary/aromatic N) is 3.